The standard InChI is InChI=1S/C22H21FN2O3/c1-2-28-21(26)12-18-14-24(13-15-7-9-17(23)10-8-15)22(27)20-11-16-5-3-4-6-19(16)25(18)20/h3-11,18H,2,12-14H2,1H3/t18-/m0/s1. The molecule has 0 saturated heterocycles. The quantitative estimate of drug-likeness (QED) is 0.630. The minimum absolute atomic E-state index is 0.0966. The van der Waals surface area contributed by atoms with Gasteiger partial charge < -0.3 is 14.2 Å². The number of aromatic nitrogens is 1. The second-order valence-electron chi connectivity index (χ2n) is 6.93. The van der Waals surface area contributed by atoms with Crippen LogP contribution in [0.4, 0.5) is 4.39 Å². The van der Waals surface area contributed by atoms with Gasteiger partial charge in [-0.2, -0.15) is 0 Å². The Morgan fingerprint density at radius 2 is 1.93 bits per heavy atom. The monoisotopic (exact) mass is 380 g/mol. The molecule has 0 radical (unpaired) electrons. The van der Waals surface area contributed by atoms with Crippen LogP contribution in [-0.4, -0.2) is 34.5 Å². The number of hydrogen-bond acceptors (Lipinski definition) is 3. The summed E-state index contributed by atoms with van der Waals surface area (Å²) in [5.74, 6) is -0.693. The van der Waals surface area contributed by atoms with Crippen molar-refractivity contribution < 1.29 is 18.7 Å². The number of carbonyl (C=O) groups is 2. The molecule has 5 nitrogen and oxygen atoms in total. The Morgan fingerprint density at radius 1 is 1.18 bits per heavy atom. The van der Waals surface area contributed by atoms with Crippen molar-refractivity contribution in [2.45, 2.75) is 25.9 Å². The minimum atomic E-state index is -0.311. The Kier molecular flexibility index (Phi) is 4.86. The lowest BCUT2D eigenvalue weighted by Gasteiger charge is -2.35. The molecule has 144 valence electrons. The largest absolute Gasteiger partial charge is 0.466 e. The summed E-state index contributed by atoms with van der Waals surface area (Å²) < 4.78 is 20.3. The van der Waals surface area contributed by atoms with Crippen molar-refractivity contribution in [1.82, 2.24) is 9.47 Å². The summed E-state index contributed by atoms with van der Waals surface area (Å²) in [6.07, 6.45) is 0.187. The number of nitrogens with zero attached hydrogens (tertiary/aromatic N) is 2. The van der Waals surface area contributed by atoms with Crippen LogP contribution < -0.4 is 0 Å². The molecule has 0 fully saturated rings. The van der Waals surface area contributed by atoms with Crippen molar-refractivity contribution in [3.63, 3.8) is 0 Å². The van der Waals surface area contributed by atoms with Crippen molar-refractivity contribution in [3.8, 4) is 0 Å². The van der Waals surface area contributed by atoms with E-state index in [0.29, 0.717) is 25.4 Å². The number of esters is 1. The van der Waals surface area contributed by atoms with Crippen molar-refractivity contribution in [1.29, 1.82) is 0 Å². The zero-order chi connectivity index (χ0) is 19.7. The Hall–Kier alpha value is -3.15. The van der Waals surface area contributed by atoms with Crippen LogP contribution in [0, 0.1) is 5.82 Å². The van der Waals surface area contributed by atoms with Gasteiger partial charge in [0.25, 0.3) is 5.91 Å². The van der Waals surface area contributed by atoms with Gasteiger partial charge in [0.2, 0.25) is 0 Å². The van der Waals surface area contributed by atoms with Crippen molar-refractivity contribution in [3.05, 3.63) is 71.7 Å². The summed E-state index contributed by atoms with van der Waals surface area (Å²) in [7, 11) is 0. The summed E-state index contributed by atoms with van der Waals surface area (Å²) in [4.78, 5) is 27.0. The van der Waals surface area contributed by atoms with Gasteiger partial charge in [-0.25, -0.2) is 4.39 Å². The molecule has 2 heterocycles. The van der Waals surface area contributed by atoms with Crippen molar-refractivity contribution in [2.75, 3.05) is 13.2 Å². The molecule has 0 aliphatic carbocycles. The van der Waals surface area contributed by atoms with Gasteiger partial charge >= 0.3 is 5.97 Å². The fourth-order valence-electron chi connectivity index (χ4n) is 3.83. The molecule has 4 rings (SSSR count). The van der Waals surface area contributed by atoms with Gasteiger partial charge in [0.05, 0.1) is 19.1 Å². The maximum Gasteiger partial charge on any atom is 0.307 e. The smallest absolute Gasteiger partial charge is 0.307 e. The van der Waals surface area contributed by atoms with E-state index in [1.807, 2.05) is 34.9 Å². The van der Waals surface area contributed by atoms with E-state index in [2.05, 4.69) is 0 Å². The van der Waals surface area contributed by atoms with E-state index in [9.17, 15) is 14.0 Å². The lowest BCUT2D eigenvalue weighted by molar-refractivity contribution is -0.144. The molecule has 0 N–H and O–H groups in total. The third-order valence-corrected chi connectivity index (χ3v) is 5.04. The Labute approximate surface area is 162 Å². The van der Waals surface area contributed by atoms with Crippen LogP contribution >= 0.6 is 0 Å². The predicted octanol–water partition coefficient (Wildman–Crippen LogP) is 3.93. The summed E-state index contributed by atoms with van der Waals surface area (Å²) in [5, 5.41) is 0.961. The number of halogens is 1. The van der Waals surface area contributed by atoms with E-state index in [1.165, 1.54) is 12.1 Å². The molecule has 0 bridgehead atoms. The molecule has 6 heteroatoms. The first kappa shape index (κ1) is 18.2. The van der Waals surface area contributed by atoms with Crippen LogP contribution in [0.1, 0.15) is 35.4 Å². The van der Waals surface area contributed by atoms with Crippen LogP contribution in [0.3, 0.4) is 0 Å². The van der Waals surface area contributed by atoms with E-state index in [-0.39, 0.29) is 30.2 Å². The SMILES string of the molecule is CCOC(=O)C[C@H]1CN(Cc2ccc(F)cc2)C(=O)c2cc3ccccc3n21. The van der Waals surface area contributed by atoms with Gasteiger partial charge in [0, 0.05) is 24.0 Å². The first-order valence-electron chi connectivity index (χ1n) is 9.36. The van der Waals surface area contributed by atoms with Gasteiger partial charge in [-0.3, -0.25) is 9.59 Å². The molecule has 0 saturated carbocycles. The van der Waals surface area contributed by atoms with Gasteiger partial charge in [-0.15, -0.1) is 0 Å². The van der Waals surface area contributed by atoms with Crippen LogP contribution in [-0.2, 0) is 16.1 Å². The molecule has 1 atom stereocenters. The first-order valence-corrected chi connectivity index (χ1v) is 9.36. The van der Waals surface area contributed by atoms with Gasteiger partial charge in [-0.05, 0) is 36.8 Å². The molecule has 1 aliphatic rings. The number of carbonyl (C=O) groups excluding carboxylic acids is 2. The highest BCUT2D eigenvalue weighted by Gasteiger charge is 2.34. The normalized spacial score (nSPS) is 16.3. The maximum atomic E-state index is 13.2. The second kappa shape index (κ2) is 7.46. The number of fused-ring (bicyclic) bond motifs is 3. The van der Waals surface area contributed by atoms with E-state index in [0.717, 1.165) is 16.5 Å². The molecular weight excluding hydrogens is 359 g/mol. The molecule has 0 unspecified atom stereocenters. The van der Waals surface area contributed by atoms with Crippen molar-refractivity contribution in [2.24, 2.45) is 0 Å². The van der Waals surface area contributed by atoms with E-state index >= 15 is 0 Å². The third kappa shape index (κ3) is 3.38. The average molecular weight is 380 g/mol. The van der Waals surface area contributed by atoms with Crippen LogP contribution in [0.2, 0.25) is 0 Å². The lowest BCUT2D eigenvalue weighted by atomic mass is 10.1. The zero-order valence-electron chi connectivity index (χ0n) is 15.6. The van der Waals surface area contributed by atoms with Crippen molar-refractivity contribution >= 4 is 22.8 Å². The molecular formula is C22H21FN2O3. The number of hydrogen-bond donors (Lipinski definition) is 0. The predicted molar refractivity (Wildman–Crippen MR) is 103 cm³/mol. The van der Waals surface area contributed by atoms with Gasteiger partial charge in [0.15, 0.2) is 0 Å². The lowest BCUT2D eigenvalue weighted by Crippen LogP contribution is -2.43. The summed E-state index contributed by atoms with van der Waals surface area (Å²) in [6, 6.07) is 15.5. The Balaban J connectivity index is 1.71. The number of para-hydroxylation sites is 1. The van der Waals surface area contributed by atoms with Crippen LogP contribution in [0.15, 0.2) is 54.6 Å². The van der Waals surface area contributed by atoms with E-state index in [4.69, 9.17) is 4.74 Å². The molecule has 1 aliphatic heterocycles. The topological polar surface area (TPSA) is 51.5 Å². The maximum absolute atomic E-state index is 13.2. The first-order chi connectivity index (χ1) is 13.6. The Morgan fingerprint density at radius 3 is 2.68 bits per heavy atom. The Bertz CT molecular complexity index is 1030. The van der Waals surface area contributed by atoms with Gasteiger partial charge in [0.1, 0.15) is 11.5 Å². The van der Waals surface area contributed by atoms with Crippen LogP contribution in [0.5, 0.6) is 0 Å². The fourth-order valence-corrected chi connectivity index (χ4v) is 3.83. The average Bonchev–Trinajstić information content (AvgIpc) is 3.07. The summed E-state index contributed by atoms with van der Waals surface area (Å²) in [6.45, 7) is 2.85. The number of ether oxygens (including phenoxy) is 1. The highest BCUT2D eigenvalue weighted by atomic mass is 19.1. The summed E-state index contributed by atoms with van der Waals surface area (Å²) in [5.41, 5.74) is 2.33. The molecule has 1 amide bonds. The van der Waals surface area contributed by atoms with Crippen LogP contribution in [0.25, 0.3) is 10.9 Å². The minimum Gasteiger partial charge on any atom is -0.466 e. The van der Waals surface area contributed by atoms with E-state index < -0.39 is 0 Å². The van der Waals surface area contributed by atoms with E-state index in [1.54, 1.807) is 24.0 Å². The molecule has 2 aromatic carbocycles. The number of rotatable bonds is 5. The van der Waals surface area contributed by atoms with Gasteiger partial charge in [-0.1, -0.05) is 30.3 Å². The molecule has 0 spiro atoms. The number of benzene rings is 2. The second-order valence-corrected chi connectivity index (χ2v) is 6.93. The fraction of sp³-hybridized carbons (Fsp3) is 0.273. The molecule has 1 aromatic heterocycles. The zero-order valence-corrected chi connectivity index (χ0v) is 15.6. The molecule has 3 aromatic rings. The third-order valence-electron chi connectivity index (χ3n) is 5.04. The highest BCUT2D eigenvalue weighted by Crippen LogP contribution is 2.32. The highest BCUT2D eigenvalue weighted by molar-refractivity contribution is 6.00. The molecule has 28 heavy (non-hydrogen) atoms. The number of amides is 1. The summed E-state index contributed by atoms with van der Waals surface area (Å²) >= 11 is 0.